The number of nitrogens with one attached hydrogen (secondary N) is 1. The fourth-order valence-electron chi connectivity index (χ4n) is 2.69. The van der Waals surface area contributed by atoms with E-state index in [4.69, 9.17) is 22.6 Å². The third-order valence-corrected chi connectivity index (χ3v) is 5.84. The Hall–Kier alpha value is -1.13. The van der Waals surface area contributed by atoms with E-state index in [1.54, 1.807) is 0 Å². The van der Waals surface area contributed by atoms with Crippen LogP contribution in [0.5, 0.6) is 0 Å². The van der Waals surface area contributed by atoms with Gasteiger partial charge >= 0.3 is 0 Å². The number of hydrogen-bond donors (Lipinski definition) is 2. The molecule has 3 N–H and O–H groups in total. The highest BCUT2D eigenvalue weighted by Gasteiger charge is 2.29. The van der Waals surface area contributed by atoms with E-state index >= 15 is 0 Å². The minimum atomic E-state index is -3.75. The summed E-state index contributed by atoms with van der Waals surface area (Å²) in [6, 6.07) is 5.96. The molecule has 1 aromatic carbocycles. The van der Waals surface area contributed by atoms with Crippen molar-refractivity contribution in [2.45, 2.75) is 36.6 Å². The summed E-state index contributed by atoms with van der Waals surface area (Å²) in [6.07, 6.45) is 3.76. The molecule has 2 atom stereocenters. The molecule has 0 heterocycles. The van der Waals surface area contributed by atoms with Gasteiger partial charge < -0.3 is 5.73 Å². The summed E-state index contributed by atoms with van der Waals surface area (Å²) in [6.45, 7) is 0.457. The van der Waals surface area contributed by atoms with Gasteiger partial charge in [-0.15, -0.1) is 0 Å². The van der Waals surface area contributed by atoms with Crippen LogP contribution in [0, 0.1) is 17.2 Å². The zero-order valence-electron chi connectivity index (χ0n) is 11.5. The van der Waals surface area contributed by atoms with Gasteiger partial charge in [0.25, 0.3) is 0 Å². The van der Waals surface area contributed by atoms with E-state index < -0.39 is 10.0 Å². The Morgan fingerprint density at radius 3 is 2.76 bits per heavy atom. The van der Waals surface area contributed by atoms with Crippen LogP contribution in [-0.2, 0) is 10.0 Å². The summed E-state index contributed by atoms with van der Waals surface area (Å²) in [7, 11) is -3.75. The molecule has 0 spiro atoms. The van der Waals surface area contributed by atoms with Crippen molar-refractivity contribution in [3.8, 4) is 6.07 Å². The summed E-state index contributed by atoms with van der Waals surface area (Å²) >= 11 is 5.97. The van der Waals surface area contributed by atoms with Gasteiger partial charge in [0.1, 0.15) is 4.90 Å². The van der Waals surface area contributed by atoms with Crippen LogP contribution in [0.15, 0.2) is 23.1 Å². The number of sulfonamides is 1. The van der Waals surface area contributed by atoms with Crippen LogP contribution in [0.25, 0.3) is 0 Å². The Balaban J connectivity index is 2.28. The maximum Gasteiger partial charge on any atom is 0.242 e. The summed E-state index contributed by atoms with van der Waals surface area (Å²) in [5.41, 5.74) is 5.99. The number of hydrogen-bond acceptors (Lipinski definition) is 4. The van der Waals surface area contributed by atoms with Crippen molar-refractivity contribution in [1.82, 2.24) is 4.72 Å². The lowest BCUT2D eigenvalue weighted by atomic mass is 9.85. The number of nitriles is 1. The third kappa shape index (κ3) is 3.74. The van der Waals surface area contributed by atoms with Crippen molar-refractivity contribution in [3.63, 3.8) is 0 Å². The highest BCUT2D eigenvalue weighted by molar-refractivity contribution is 7.89. The molecule has 2 unspecified atom stereocenters. The summed E-state index contributed by atoms with van der Waals surface area (Å²) in [5, 5.41) is 9.01. The minimum Gasteiger partial charge on any atom is -0.330 e. The van der Waals surface area contributed by atoms with Gasteiger partial charge in [-0.1, -0.05) is 24.4 Å². The first-order valence-corrected chi connectivity index (χ1v) is 8.76. The lowest BCUT2D eigenvalue weighted by molar-refractivity contribution is 0.296. The Morgan fingerprint density at radius 1 is 1.38 bits per heavy atom. The first-order valence-electron chi connectivity index (χ1n) is 6.90. The van der Waals surface area contributed by atoms with Crippen molar-refractivity contribution in [2.75, 3.05) is 6.54 Å². The van der Waals surface area contributed by atoms with E-state index in [-0.39, 0.29) is 27.4 Å². The molecule has 0 bridgehead atoms. The average Bonchev–Trinajstić information content (AvgIpc) is 2.47. The summed E-state index contributed by atoms with van der Waals surface area (Å²) in [5.74, 6) is 0.145. The van der Waals surface area contributed by atoms with Gasteiger partial charge in [0.05, 0.1) is 16.7 Å². The molecule has 0 aliphatic heterocycles. The molecular weight excluding hydrogens is 310 g/mol. The van der Waals surface area contributed by atoms with Crippen LogP contribution in [0.3, 0.4) is 0 Å². The maximum absolute atomic E-state index is 12.5. The van der Waals surface area contributed by atoms with Crippen LogP contribution in [0.1, 0.15) is 31.2 Å². The van der Waals surface area contributed by atoms with Crippen molar-refractivity contribution in [3.05, 3.63) is 28.8 Å². The first-order chi connectivity index (χ1) is 9.97. The van der Waals surface area contributed by atoms with Gasteiger partial charge in [-0.05, 0) is 43.5 Å². The lowest BCUT2D eigenvalue weighted by Gasteiger charge is -2.31. The molecule has 2 rings (SSSR count). The standard InChI is InChI=1S/C14H18ClN3O2S/c15-12-6-5-10(8-16)7-14(12)21(19,20)18-13-4-2-1-3-11(13)9-17/h5-7,11,13,18H,1-4,9,17H2. The molecule has 7 heteroatoms. The van der Waals surface area contributed by atoms with Gasteiger partial charge in [0.2, 0.25) is 10.0 Å². The van der Waals surface area contributed by atoms with E-state index in [2.05, 4.69) is 4.72 Å². The Bertz CT molecular complexity index is 655. The van der Waals surface area contributed by atoms with E-state index in [0.717, 1.165) is 25.7 Å². The minimum absolute atomic E-state index is 0.0513. The molecule has 0 aromatic heterocycles. The number of nitrogens with two attached hydrogens (primary N) is 1. The van der Waals surface area contributed by atoms with Gasteiger partial charge in [0.15, 0.2) is 0 Å². The number of benzene rings is 1. The van der Waals surface area contributed by atoms with Crippen LogP contribution in [0.4, 0.5) is 0 Å². The van der Waals surface area contributed by atoms with E-state index in [0.29, 0.717) is 6.54 Å². The molecule has 114 valence electrons. The molecule has 21 heavy (non-hydrogen) atoms. The molecule has 1 fully saturated rings. The van der Waals surface area contributed by atoms with Crippen molar-refractivity contribution >= 4 is 21.6 Å². The SMILES string of the molecule is N#Cc1ccc(Cl)c(S(=O)(=O)NC2CCCCC2CN)c1. The predicted octanol–water partition coefficient (Wildman–Crippen LogP) is 2.01. The molecule has 0 saturated heterocycles. The lowest BCUT2D eigenvalue weighted by Crippen LogP contribution is -2.44. The first kappa shape index (κ1) is 16.2. The average molecular weight is 328 g/mol. The van der Waals surface area contributed by atoms with Crippen LogP contribution >= 0.6 is 11.6 Å². The van der Waals surface area contributed by atoms with E-state index in [9.17, 15) is 8.42 Å². The molecule has 1 aromatic rings. The van der Waals surface area contributed by atoms with Gasteiger partial charge in [0, 0.05) is 6.04 Å². The second-order valence-electron chi connectivity index (χ2n) is 5.27. The highest BCUT2D eigenvalue weighted by atomic mass is 35.5. The van der Waals surface area contributed by atoms with Gasteiger partial charge in [-0.25, -0.2) is 13.1 Å². The van der Waals surface area contributed by atoms with Crippen LogP contribution in [0.2, 0.25) is 5.02 Å². The smallest absolute Gasteiger partial charge is 0.242 e. The van der Waals surface area contributed by atoms with Crippen molar-refractivity contribution < 1.29 is 8.42 Å². The van der Waals surface area contributed by atoms with Gasteiger partial charge in [-0.3, -0.25) is 0 Å². The molecular formula is C14H18ClN3O2S. The molecule has 0 radical (unpaired) electrons. The number of halogens is 1. The largest absolute Gasteiger partial charge is 0.330 e. The summed E-state index contributed by atoms with van der Waals surface area (Å²) in [4.78, 5) is -0.0513. The Kier molecular flexibility index (Phi) is 5.22. The van der Waals surface area contributed by atoms with Crippen molar-refractivity contribution in [1.29, 1.82) is 5.26 Å². The quantitative estimate of drug-likeness (QED) is 0.884. The second-order valence-corrected chi connectivity index (χ2v) is 7.35. The Labute approximate surface area is 130 Å². The predicted molar refractivity (Wildman–Crippen MR) is 81.3 cm³/mol. The molecule has 1 aliphatic rings. The monoisotopic (exact) mass is 327 g/mol. The summed E-state index contributed by atoms with van der Waals surface area (Å²) < 4.78 is 27.7. The van der Waals surface area contributed by atoms with Crippen LogP contribution < -0.4 is 10.5 Å². The Morgan fingerprint density at radius 2 is 2.10 bits per heavy atom. The second kappa shape index (κ2) is 6.75. The molecule has 0 amide bonds. The molecule has 1 aliphatic carbocycles. The molecule has 1 saturated carbocycles. The number of nitrogens with zero attached hydrogens (tertiary/aromatic N) is 1. The highest BCUT2D eigenvalue weighted by Crippen LogP contribution is 2.27. The fourth-order valence-corrected chi connectivity index (χ4v) is 4.55. The van der Waals surface area contributed by atoms with Crippen LogP contribution in [-0.4, -0.2) is 21.0 Å². The van der Waals surface area contributed by atoms with E-state index in [1.807, 2.05) is 6.07 Å². The topological polar surface area (TPSA) is 96.0 Å². The zero-order chi connectivity index (χ0) is 15.5. The maximum atomic E-state index is 12.5. The zero-order valence-corrected chi connectivity index (χ0v) is 13.1. The van der Waals surface area contributed by atoms with Gasteiger partial charge in [-0.2, -0.15) is 5.26 Å². The number of rotatable bonds is 4. The van der Waals surface area contributed by atoms with E-state index in [1.165, 1.54) is 18.2 Å². The molecule has 5 nitrogen and oxygen atoms in total. The normalized spacial score (nSPS) is 22.7. The third-order valence-electron chi connectivity index (χ3n) is 3.87. The fraction of sp³-hybridized carbons (Fsp3) is 0.500. The van der Waals surface area contributed by atoms with Crippen molar-refractivity contribution in [2.24, 2.45) is 11.7 Å².